The Bertz CT molecular complexity index is 4390. The third-order valence-electron chi connectivity index (χ3n) is 15.7. The Morgan fingerprint density at radius 2 is 0.692 bits per heavy atom. The van der Waals surface area contributed by atoms with Crippen LogP contribution in [0.5, 0.6) is 0 Å². The zero-order chi connectivity index (χ0) is 74.3. The van der Waals surface area contributed by atoms with Crippen molar-refractivity contribution in [3.8, 4) is 0 Å². The molecule has 104 heavy (non-hydrogen) atoms. The smallest absolute Gasteiger partial charge is 0.338 e. The molecule has 0 bridgehead atoms. The Morgan fingerprint density at radius 3 is 1.02 bits per heavy atom. The highest BCUT2D eigenvalue weighted by atomic mass is 16.5. The lowest BCUT2D eigenvalue weighted by molar-refractivity contribution is -0.138. The number of benzene rings is 9. The number of aromatic nitrogens is 3. The van der Waals surface area contributed by atoms with Crippen LogP contribution in [0.2, 0.25) is 0 Å². The van der Waals surface area contributed by atoms with Crippen LogP contribution in [-0.4, -0.2) is 62.3 Å². The summed E-state index contributed by atoms with van der Waals surface area (Å²) in [5, 5.41) is 21.4. The zero-order valence-electron chi connectivity index (χ0n) is 59.6. The topological polar surface area (TPSA) is 265 Å². The van der Waals surface area contributed by atoms with Crippen LogP contribution in [-0.2, 0) is 48.4 Å². The van der Waals surface area contributed by atoms with Crippen molar-refractivity contribution in [2.24, 2.45) is 5.73 Å². The maximum absolute atomic E-state index is 12.9. The molecule has 12 aromatic rings. The fourth-order valence-corrected chi connectivity index (χ4v) is 10.4. The van der Waals surface area contributed by atoms with Crippen LogP contribution in [0.25, 0.3) is 32.3 Å². The molecule has 0 aliphatic heterocycles. The molecular formula is C87H95N7O10. The fourth-order valence-electron chi connectivity index (χ4n) is 10.4. The highest BCUT2D eigenvalue weighted by Gasteiger charge is 2.22. The van der Waals surface area contributed by atoms with E-state index < -0.39 is 17.8 Å². The molecule has 0 aliphatic carbocycles. The maximum Gasteiger partial charge on any atom is 0.338 e. The van der Waals surface area contributed by atoms with Crippen LogP contribution < -0.4 is 22.1 Å². The number of nitrogens with two attached hydrogens (primary N) is 2. The number of pyridine rings is 3. The maximum atomic E-state index is 12.9. The summed E-state index contributed by atoms with van der Waals surface area (Å²) in [5.41, 5.74) is 20.3. The minimum absolute atomic E-state index is 0. The van der Waals surface area contributed by atoms with E-state index in [0.717, 1.165) is 77.1 Å². The largest absolute Gasteiger partial charge is 0.481 e. The number of esters is 3. The molecule has 0 spiro atoms. The number of carboxylic acids is 1. The van der Waals surface area contributed by atoms with Gasteiger partial charge in [0.15, 0.2) is 0 Å². The van der Waals surface area contributed by atoms with Gasteiger partial charge in [0.25, 0.3) is 0 Å². The first kappa shape index (κ1) is 82.5. The molecule has 0 saturated heterocycles. The lowest BCUT2D eigenvalue weighted by atomic mass is 9.94. The predicted molar refractivity (Wildman–Crippen MR) is 419 cm³/mol. The SMILES string of the molecule is C.CC.CC.CC.CC[C@@H](C(=O)Nc1ccc2cnccc2c1)c1ccc(COC(=O)c2ccccc2)cc1.CC[C@@H](C(=O)O)c1ccc(COC(=O)c2ccccc2)cc1.NC[C@@H](C(=O)Nc1ccc2cnccc2c1)c1ccc(COC(=O)c2ccccc2)cc1.Nc1ccc2cnccc2c1. The summed E-state index contributed by atoms with van der Waals surface area (Å²) in [5.74, 6) is -3.43. The summed E-state index contributed by atoms with van der Waals surface area (Å²) in [7, 11) is 0. The Balaban J connectivity index is 0.000000254. The van der Waals surface area contributed by atoms with Gasteiger partial charge in [-0.2, -0.15) is 0 Å². The van der Waals surface area contributed by atoms with Gasteiger partial charge in [-0.15, -0.1) is 0 Å². The summed E-state index contributed by atoms with van der Waals surface area (Å²) in [6.07, 6.45) is 11.8. The minimum atomic E-state index is -0.828. The van der Waals surface area contributed by atoms with E-state index in [9.17, 15) is 28.8 Å². The van der Waals surface area contributed by atoms with Gasteiger partial charge in [0.2, 0.25) is 11.8 Å². The molecule has 538 valence electrons. The summed E-state index contributed by atoms with van der Waals surface area (Å²) in [4.78, 5) is 85.2. The molecule has 3 heterocycles. The monoisotopic (exact) mass is 1400 g/mol. The number of aliphatic carboxylic acids is 1. The van der Waals surface area contributed by atoms with Crippen LogP contribution in [0.15, 0.2) is 274 Å². The standard InChI is InChI=1S/C27H24N2O3.C26H23N3O3.C18H18O4.C9H8N2.3C2H6.CH4/c1-2-25(26(30)29-24-13-12-23-17-28-15-14-22(23)16-24)20-10-8-19(9-11-20)18-32-27(31)21-6-4-3-5-7-21;27-15-24(25(30)29-23-11-10-22-16-28-13-12-21(22)14-23)19-8-6-18(7-9-19)17-32-26(31)20-4-2-1-3-5-20;1-2-16(17(19)20)14-10-8-13(9-11-14)12-22-18(21)15-6-4-3-5-7-15;10-9-2-1-8-6-11-4-3-7(8)5-9;3*1-2;/h3-17,25H,2,18H2,1H3,(H,29,30);1-14,16,24H,15,17,27H2,(H,29,30);3-11,16H,2,12H2,1H3,(H,19,20);1-6H,10H2;3*1-2H3;1H4/t25-;24-;16-;;;;;/m111...../s1. The first-order chi connectivity index (χ1) is 50.2. The Labute approximate surface area is 610 Å². The normalized spacial score (nSPS) is 10.9. The summed E-state index contributed by atoms with van der Waals surface area (Å²) in [6.45, 7) is 16.5. The van der Waals surface area contributed by atoms with Crippen LogP contribution in [0.3, 0.4) is 0 Å². The fraction of sp³-hybridized carbons (Fsp3) is 0.207. The summed E-state index contributed by atoms with van der Waals surface area (Å²) < 4.78 is 16.0. The molecule has 17 heteroatoms. The number of hydrogen-bond donors (Lipinski definition) is 5. The van der Waals surface area contributed by atoms with Crippen molar-refractivity contribution in [2.75, 3.05) is 22.9 Å². The first-order valence-electron chi connectivity index (χ1n) is 34.5. The average Bonchev–Trinajstić information content (AvgIpc) is 0.833. The first-order valence-corrected chi connectivity index (χ1v) is 34.5. The van der Waals surface area contributed by atoms with Gasteiger partial charge in [-0.1, -0.05) is 208 Å². The third-order valence-corrected chi connectivity index (χ3v) is 15.7. The van der Waals surface area contributed by atoms with Crippen molar-refractivity contribution < 1.29 is 48.1 Å². The van der Waals surface area contributed by atoms with Crippen molar-refractivity contribution in [3.63, 3.8) is 0 Å². The highest BCUT2D eigenvalue weighted by Crippen LogP contribution is 2.27. The van der Waals surface area contributed by atoms with E-state index >= 15 is 0 Å². The molecule has 12 rings (SSSR count). The molecule has 0 unspecified atom stereocenters. The molecule has 2 amide bonds. The van der Waals surface area contributed by atoms with Gasteiger partial charge in [-0.25, -0.2) is 14.4 Å². The molecule has 9 aromatic carbocycles. The summed E-state index contributed by atoms with van der Waals surface area (Å²) in [6, 6.07) is 71.7. The van der Waals surface area contributed by atoms with Crippen LogP contribution >= 0.6 is 0 Å². The van der Waals surface area contributed by atoms with E-state index in [1.54, 1.807) is 128 Å². The van der Waals surface area contributed by atoms with E-state index in [4.69, 9.17) is 30.8 Å². The molecule has 0 fully saturated rings. The lowest BCUT2D eigenvalue weighted by Crippen LogP contribution is -2.27. The zero-order valence-corrected chi connectivity index (χ0v) is 59.6. The van der Waals surface area contributed by atoms with Crippen molar-refractivity contribution in [1.29, 1.82) is 0 Å². The number of fused-ring (bicyclic) bond motifs is 3. The molecular weight excluding hydrogens is 1300 g/mol. The van der Waals surface area contributed by atoms with Crippen molar-refractivity contribution in [1.82, 2.24) is 15.0 Å². The van der Waals surface area contributed by atoms with Gasteiger partial charge in [-0.3, -0.25) is 29.3 Å². The molecule has 3 aromatic heterocycles. The number of carboxylic acid groups (broad SMARTS) is 1. The molecule has 0 saturated carbocycles. The second kappa shape index (κ2) is 44.8. The Morgan fingerprint density at radius 1 is 0.385 bits per heavy atom. The molecule has 17 nitrogen and oxygen atoms in total. The van der Waals surface area contributed by atoms with Gasteiger partial charge in [0.05, 0.1) is 34.4 Å². The number of ether oxygens (including phenoxy) is 3. The average molecular weight is 1400 g/mol. The number of rotatable bonds is 20. The van der Waals surface area contributed by atoms with E-state index in [0.29, 0.717) is 35.2 Å². The van der Waals surface area contributed by atoms with Gasteiger partial charge < -0.3 is 41.4 Å². The minimum Gasteiger partial charge on any atom is -0.481 e. The molecule has 3 atom stereocenters. The molecule has 0 aliphatic rings. The number of anilines is 3. The van der Waals surface area contributed by atoms with Crippen molar-refractivity contribution in [3.05, 3.63) is 324 Å². The van der Waals surface area contributed by atoms with E-state index in [1.807, 2.05) is 201 Å². The number of amides is 2. The Kier molecular flexibility index (Phi) is 35.5. The number of nitrogens with one attached hydrogen (secondary N) is 2. The van der Waals surface area contributed by atoms with Gasteiger partial charge in [0, 0.05) is 76.9 Å². The second-order valence-electron chi connectivity index (χ2n) is 22.4. The quantitative estimate of drug-likeness (QED) is 0.0270. The van der Waals surface area contributed by atoms with Gasteiger partial charge in [0.1, 0.15) is 19.8 Å². The summed E-state index contributed by atoms with van der Waals surface area (Å²) >= 11 is 0. The van der Waals surface area contributed by atoms with E-state index in [2.05, 4.69) is 25.6 Å². The van der Waals surface area contributed by atoms with Crippen LogP contribution in [0, 0.1) is 0 Å². The Hall–Kier alpha value is -12.2. The van der Waals surface area contributed by atoms with Gasteiger partial charge >= 0.3 is 23.9 Å². The number of carbonyl (C=O) groups is 6. The van der Waals surface area contributed by atoms with E-state index in [1.165, 1.54) is 0 Å². The van der Waals surface area contributed by atoms with Crippen LogP contribution in [0.4, 0.5) is 17.1 Å². The number of hydrogen-bond acceptors (Lipinski definition) is 14. The van der Waals surface area contributed by atoms with Crippen LogP contribution in [0.1, 0.15) is 158 Å². The number of nitrogen functional groups attached to an aromatic ring is 1. The number of carbonyl (C=O) groups excluding carboxylic acids is 5. The second-order valence-corrected chi connectivity index (χ2v) is 22.4. The van der Waals surface area contributed by atoms with Crippen molar-refractivity contribution >= 4 is 85.1 Å². The predicted octanol–water partition coefficient (Wildman–Crippen LogP) is 19.2. The van der Waals surface area contributed by atoms with Gasteiger partial charge in [-0.05, 0) is 153 Å². The third kappa shape index (κ3) is 25.4. The molecule has 0 radical (unpaired) electrons. The van der Waals surface area contributed by atoms with Crippen molar-refractivity contribution in [2.45, 2.75) is 113 Å². The number of nitrogens with zero attached hydrogens (tertiary/aromatic N) is 3. The molecule has 7 N–H and O–H groups in total. The van der Waals surface area contributed by atoms with E-state index in [-0.39, 0.29) is 69.4 Å². The lowest BCUT2D eigenvalue weighted by Gasteiger charge is -2.16. The highest BCUT2D eigenvalue weighted by molar-refractivity contribution is 5.99.